The van der Waals surface area contributed by atoms with Crippen molar-refractivity contribution in [3.8, 4) is 5.75 Å². The van der Waals surface area contributed by atoms with Gasteiger partial charge in [0.1, 0.15) is 11.4 Å². The van der Waals surface area contributed by atoms with Gasteiger partial charge in [0.05, 0.1) is 31.8 Å². The van der Waals surface area contributed by atoms with E-state index in [1.54, 1.807) is 25.3 Å². The van der Waals surface area contributed by atoms with Gasteiger partial charge in [-0.2, -0.15) is 0 Å². The molecule has 1 amide bonds. The standard InChI is InChI=1S/C18H25ClN2O3/c1-20(2)9-13-6-7-18(24-10-13)11-21(12-18)17(22)14-4-5-16(23-3)15(19)8-14/h4-5,8,13H,6-7,9-12H2,1-3H3/t13-/m1/s1. The molecule has 2 aliphatic heterocycles. The number of carbonyl (C=O) groups excluding carboxylic acids is 1. The number of benzene rings is 1. The van der Waals surface area contributed by atoms with Gasteiger partial charge in [0.25, 0.3) is 5.91 Å². The van der Waals surface area contributed by atoms with E-state index in [0.29, 0.717) is 35.3 Å². The van der Waals surface area contributed by atoms with Crippen LogP contribution in [0.25, 0.3) is 0 Å². The van der Waals surface area contributed by atoms with E-state index in [4.69, 9.17) is 21.1 Å². The van der Waals surface area contributed by atoms with E-state index in [-0.39, 0.29) is 11.5 Å². The van der Waals surface area contributed by atoms with Crippen molar-refractivity contribution >= 4 is 17.5 Å². The Morgan fingerprint density at radius 1 is 1.46 bits per heavy atom. The lowest BCUT2D eigenvalue weighted by Gasteiger charge is -2.53. The Morgan fingerprint density at radius 2 is 2.21 bits per heavy atom. The molecule has 2 fully saturated rings. The third-order valence-corrected chi connectivity index (χ3v) is 5.20. The van der Waals surface area contributed by atoms with Crippen LogP contribution >= 0.6 is 11.6 Å². The van der Waals surface area contributed by atoms with Gasteiger partial charge in [-0.25, -0.2) is 0 Å². The predicted molar refractivity (Wildman–Crippen MR) is 93.9 cm³/mol. The normalized spacial score (nSPS) is 22.5. The highest BCUT2D eigenvalue weighted by molar-refractivity contribution is 6.32. The monoisotopic (exact) mass is 352 g/mol. The minimum atomic E-state index is -0.130. The highest BCUT2D eigenvalue weighted by Gasteiger charge is 2.48. The highest BCUT2D eigenvalue weighted by atomic mass is 35.5. The first kappa shape index (κ1) is 17.5. The van der Waals surface area contributed by atoms with Crippen LogP contribution in [0.3, 0.4) is 0 Å². The Balaban J connectivity index is 1.55. The number of nitrogens with zero attached hydrogens (tertiary/aromatic N) is 2. The van der Waals surface area contributed by atoms with Gasteiger partial charge in [-0.05, 0) is 51.1 Å². The summed E-state index contributed by atoms with van der Waals surface area (Å²) in [6.45, 7) is 3.19. The average molecular weight is 353 g/mol. The van der Waals surface area contributed by atoms with Crippen LogP contribution in [0.1, 0.15) is 23.2 Å². The number of hydrogen-bond donors (Lipinski definition) is 0. The van der Waals surface area contributed by atoms with Crippen LogP contribution < -0.4 is 4.74 Å². The maximum Gasteiger partial charge on any atom is 0.254 e. The third kappa shape index (κ3) is 3.53. The van der Waals surface area contributed by atoms with Crippen molar-refractivity contribution in [2.45, 2.75) is 18.4 Å². The van der Waals surface area contributed by atoms with Gasteiger partial charge < -0.3 is 19.3 Å². The Labute approximate surface area is 148 Å². The second-order valence-electron chi connectivity index (χ2n) is 7.17. The molecule has 1 aromatic carbocycles. The fourth-order valence-electron chi connectivity index (χ4n) is 3.60. The summed E-state index contributed by atoms with van der Waals surface area (Å²) in [7, 11) is 5.74. The van der Waals surface area contributed by atoms with Crippen molar-refractivity contribution < 1.29 is 14.3 Å². The van der Waals surface area contributed by atoms with Gasteiger partial charge in [0, 0.05) is 12.1 Å². The molecule has 2 heterocycles. The van der Waals surface area contributed by atoms with Crippen molar-refractivity contribution in [2.24, 2.45) is 5.92 Å². The van der Waals surface area contributed by atoms with Crippen LogP contribution in [0.15, 0.2) is 18.2 Å². The summed E-state index contributed by atoms with van der Waals surface area (Å²) in [6.07, 6.45) is 2.19. The number of hydrogen-bond acceptors (Lipinski definition) is 4. The van der Waals surface area contributed by atoms with Crippen molar-refractivity contribution in [1.29, 1.82) is 0 Å². The Morgan fingerprint density at radius 3 is 2.75 bits per heavy atom. The first-order chi connectivity index (χ1) is 11.4. The topological polar surface area (TPSA) is 42.0 Å². The second-order valence-corrected chi connectivity index (χ2v) is 7.58. The highest BCUT2D eigenvalue weighted by Crippen LogP contribution is 2.37. The summed E-state index contributed by atoms with van der Waals surface area (Å²) < 4.78 is 11.3. The molecule has 0 bridgehead atoms. The van der Waals surface area contributed by atoms with E-state index in [1.165, 1.54) is 0 Å². The van der Waals surface area contributed by atoms with E-state index in [1.807, 2.05) is 4.90 Å². The van der Waals surface area contributed by atoms with E-state index < -0.39 is 0 Å². The van der Waals surface area contributed by atoms with Gasteiger partial charge in [-0.1, -0.05) is 11.6 Å². The molecule has 1 aromatic rings. The number of ether oxygens (including phenoxy) is 2. The summed E-state index contributed by atoms with van der Waals surface area (Å²) in [5.74, 6) is 1.18. The molecule has 0 aromatic heterocycles. The van der Waals surface area contributed by atoms with E-state index in [2.05, 4.69) is 19.0 Å². The molecule has 1 spiro atoms. The number of methoxy groups -OCH3 is 1. The Hall–Kier alpha value is -1.30. The van der Waals surface area contributed by atoms with E-state index >= 15 is 0 Å². The molecule has 0 N–H and O–H groups in total. The number of amides is 1. The predicted octanol–water partition coefficient (Wildman–Crippen LogP) is 2.53. The minimum absolute atomic E-state index is 0.00388. The molecule has 0 saturated carbocycles. The van der Waals surface area contributed by atoms with Crippen LogP contribution in [-0.2, 0) is 4.74 Å². The largest absolute Gasteiger partial charge is 0.495 e. The van der Waals surface area contributed by atoms with Crippen LogP contribution in [0.4, 0.5) is 0 Å². The molecule has 5 nitrogen and oxygen atoms in total. The average Bonchev–Trinajstić information content (AvgIpc) is 2.52. The fourth-order valence-corrected chi connectivity index (χ4v) is 3.86. The summed E-state index contributed by atoms with van der Waals surface area (Å²) >= 11 is 6.11. The molecule has 2 saturated heterocycles. The van der Waals surface area contributed by atoms with Gasteiger partial charge in [0.2, 0.25) is 0 Å². The lowest BCUT2D eigenvalue weighted by molar-refractivity contribution is -0.168. The van der Waals surface area contributed by atoms with E-state index in [0.717, 1.165) is 26.0 Å². The molecule has 1 atom stereocenters. The third-order valence-electron chi connectivity index (χ3n) is 4.90. The first-order valence-corrected chi connectivity index (χ1v) is 8.72. The van der Waals surface area contributed by atoms with Gasteiger partial charge in [-0.3, -0.25) is 4.79 Å². The molecule has 6 heteroatoms. The van der Waals surface area contributed by atoms with Crippen LogP contribution in [0.5, 0.6) is 5.75 Å². The van der Waals surface area contributed by atoms with Gasteiger partial charge >= 0.3 is 0 Å². The Kier molecular flexibility index (Phi) is 5.04. The zero-order valence-corrected chi connectivity index (χ0v) is 15.3. The zero-order valence-electron chi connectivity index (χ0n) is 14.5. The van der Waals surface area contributed by atoms with Gasteiger partial charge in [-0.15, -0.1) is 0 Å². The number of rotatable bonds is 4. The lowest BCUT2D eigenvalue weighted by atomic mass is 9.82. The van der Waals surface area contributed by atoms with Crippen molar-refractivity contribution in [3.05, 3.63) is 28.8 Å². The van der Waals surface area contributed by atoms with Crippen molar-refractivity contribution in [3.63, 3.8) is 0 Å². The minimum Gasteiger partial charge on any atom is -0.495 e. The van der Waals surface area contributed by atoms with Crippen LogP contribution in [0.2, 0.25) is 5.02 Å². The zero-order chi connectivity index (χ0) is 17.3. The molecule has 132 valence electrons. The summed E-state index contributed by atoms with van der Waals surface area (Å²) in [5, 5.41) is 0.457. The van der Waals surface area contributed by atoms with Crippen molar-refractivity contribution in [1.82, 2.24) is 9.80 Å². The smallest absolute Gasteiger partial charge is 0.254 e. The number of likely N-dealkylation sites (tertiary alicyclic amines) is 1. The molecular formula is C18H25ClN2O3. The number of carbonyl (C=O) groups is 1. The molecule has 0 unspecified atom stereocenters. The Bertz CT molecular complexity index is 604. The molecule has 0 radical (unpaired) electrons. The molecular weight excluding hydrogens is 328 g/mol. The van der Waals surface area contributed by atoms with Crippen LogP contribution in [-0.4, -0.2) is 68.8 Å². The molecule has 2 aliphatic rings. The first-order valence-electron chi connectivity index (χ1n) is 8.34. The maximum atomic E-state index is 12.6. The van der Waals surface area contributed by atoms with E-state index in [9.17, 15) is 4.79 Å². The molecule has 3 rings (SSSR count). The quantitative estimate of drug-likeness (QED) is 0.835. The summed E-state index contributed by atoms with van der Waals surface area (Å²) in [4.78, 5) is 16.6. The maximum absolute atomic E-state index is 12.6. The second kappa shape index (κ2) is 6.90. The molecule has 0 aliphatic carbocycles. The SMILES string of the molecule is COc1ccc(C(=O)N2CC3(CC[C@H](CN(C)C)CO3)C2)cc1Cl. The van der Waals surface area contributed by atoms with Gasteiger partial charge in [0.15, 0.2) is 0 Å². The summed E-state index contributed by atoms with van der Waals surface area (Å²) in [6, 6.07) is 5.16. The summed E-state index contributed by atoms with van der Waals surface area (Å²) in [5.41, 5.74) is 0.464. The van der Waals surface area contributed by atoms with Crippen LogP contribution in [0, 0.1) is 5.92 Å². The van der Waals surface area contributed by atoms with Crippen molar-refractivity contribution in [2.75, 3.05) is 47.4 Å². The number of halogens is 1. The fraction of sp³-hybridized carbons (Fsp3) is 0.611. The molecule has 24 heavy (non-hydrogen) atoms. The lowest BCUT2D eigenvalue weighted by Crippen LogP contribution is -2.66.